The van der Waals surface area contributed by atoms with Crippen LogP contribution in [0.2, 0.25) is 5.02 Å². The molecule has 1 unspecified atom stereocenters. The standard InChI is InChI=1S/C14H22ClNO/c1-4-14(3,10-17)9-16-11(2)12-6-5-7-13(15)8-12/h5-8,11,16-17H,4,9-10H2,1-3H3/t11-,14?/m0/s1. The third kappa shape index (κ3) is 4.30. The van der Waals surface area contributed by atoms with Gasteiger partial charge in [-0.2, -0.15) is 0 Å². The van der Waals surface area contributed by atoms with E-state index in [1.54, 1.807) is 0 Å². The summed E-state index contributed by atoms with van der Waals surface area (Å²) in [6, 6.07) is 8.11. The summed E-state index contributed by atoms with van der Waals surface area (Å²) in [5, 5.41) is 13.6. The Morgan fingerprint density at radius 1 is 1.47 bits per heavy atom. The molecule has 2 atom stereocenters. The fourth-order valence-electron chi connectivity index (χ4n) is 1.59. The summed E-state index contributed by atoms with van der Waals surface area (Å²) in [6.07, 6.45) is 0.957. The van der Waals surface area contributed by atoms with Crippen LogP contribution in [0.5, 0.6) is 0 Å². The van der Waals surface area contributed by atoms with Gasteiger partial charge in [0.25, 0.3) is 0 Å². The first-order chi connectivity index (χ1) is 8.00. The Hall–Kier alpha value is -0.570. The number of rotatable bonds is 6. The van der Waals surface area contributed by atoms with Crippen molar-refractivity contribution in [2.45, 2.75) is 33.2 Å². The lowest BCUT2D eigenvalue weighted by molar-refractivity contribution is 0.132. The maximum absolute atomic E-state index is 9.35. The van der Waals surface area contributed by atoms with Gasteiger partial charge in [-0.25, -0.2) is 0 Å². The number of aliphatic hydroxyl groups excluding tert-OH is 1. The largest absolute Gasteiger partial charge is 0.396 e. The van der Waals surface area contributed by atoms with Crippen molar-refractivity contribution in [2.24, 2.45) is 5.41 Å². The van der Waals surface area contributed by atoms with Crippen LogP contribution in [0.25, 0.3) is 0 Å². The quantitative estimate of drug-likeness (QED) is 0.817. The van der Waals surface area contributed by atoms with Gasteiger partial charge in [0, 0.05) is 29.6 Å². The average molecular weight is 256 g/mol. The molecule has 0 fully saturated rings. The van der Waals surface area contributed by atoms with E-state index in [2.05, 4.69) is 32.2 Å². The van der Waals surface area contributed by atoms with E-state index in [9.17, 15) is 5.11 Å². The fraction of sp³-hybridized carbons (Fsp3) is 0.571. The van der Waals surface area contributed by atoms with Crippen molar-refractivity contribution in [3.05, 3.63) is 34.9 Å². The van der Waals surface area contributed by atoms with Crippen molar-refractivity contribution in [1.29, 1.82) is 0 Å². The second kappa shape index (κ2) is 6.39. The van der Waals surface area contributed by atoms with Gasteiger partial charge in [-0.3, -0.25) is 0 Å². The molecule has 0 radical (unpaired) electrons. The van der Waals surface area contributed by atoms with Crippen LogP contribution >= 0.6 is 11.6 Å². The van der Waals surface area contributed by atoms with Crippen molar-refractivity contribution in [2.75, 3.05) is 13.2 Å². The zero-order valence-corrected chi connectivity index (χ0v) is 11.6. The number of hydrogen-bond donors (Lipinski definition) is 2. The van der Waals surface area contributed by atoms with Gasteiger partial charge in [-0.15, -0.1) is 0 Å². The van der Waals surface area contributed by atoms with Crippen molar-refractivity contribution in [3.63, 3.8) is 0 Å². The normalized spacial score (nSPS) is 16.5. The maximum Gasteiger partial charge on any atom is 0.0496 e. The SMILES string of the molecule is CCC(C)(CO)CN[C@@H](C)c1cccc(Cl)c1. The van der Waals surface area contributed by atoms with E-state index in [0.717, 1.165) is 18.0 Å². The molecule has 3 heteroatoms. The highest BCUT2D eigenvalue weighted by molar-refractivity contribution is 6.30. The molecule has 0 aliphatic carbocycles. The van der Waals surface area contributed by atoms with Gasteiger partial charge in [0.15, 0.2) is 0 Å². The topological polar surface area (TPSA) is 32.3 Å². The molecule has 0 heterocycles. The fourth-order valence-corrected chi connectivity index (χ4v) is 1.78. The number of benzene rings is 1. The van der Waals surface area contributed by atoms with Gasteiger partial charge >= 0.3 is 0 Å². The van der Waals surface area contributed by atoms with E-state index >= 15 is 0 Å². The highest BCUT2D eigenvalue weighted by Crippen LogP contribution is 2.22. The van der Waals surface area contributed by atoms with E-state index in [-0.39, 0.29) is 18.1 Å². The Kier molecular flexibility index (Phi) is 5.44. The monoisotopic (exact) mass is 255 g/mol. The van der Waals surface area contributed by atoms with Gasteiger partial charge in [0.05, 0.1) is 0 Å². The Balaban J connectivity index is 2.58. The smallest absolute Gasteiger partial charge is 0.0496 e. The molecule has 2 nitrogen and oxygen atoms in total. The van der Waals surface area contributed by atoms with E-state index < -0.39 is 0 Å². The molecule has 0 spiro atoms. The lowest BCUT2D eigenvalue weighted by Gasteiger charge is -2.28. The van der Waals surface area contributed by atoms with Crippen LogP contribution in [-0.2, 0) is 0 Å². The first-order valence-corrected chi connectivity index (χ1v) is 6.48. The summed E-state index contributed by atoms with van der Waals surface area (Å²) in [7, 11) is 0. The molecule has 0 amide bonds. The lowest BCUT2D eigenvalue weighted by atomic mass is 9.88. The van der Waals surface area contributed by atoms with E-state index in [0.29, 0.717) is 0 Å². The number of nitrogens with one attached hydrogen (secondary N) is 1. The highest BCUT2D eigenvalue weighted by Gasteiger charge is 2.21. The minimum absolute atomic E-state index is 0.0488. The Morgan fingerprint density at radius 3 is 2.71 bits per heavy atom. The number of halogens is 1. The Labute approximate surface area is 109 Å². The van der Waals surface area contributed by atoms with Gasteiger partial charge < -0.3 is 10.4 Å². The van der Waals surface area contributed by atoms with Crippen molar-refractivity contribution in [3.8, 4) is 0 Å². The van der Waals surface area contributed by atoms with E-state index in [4.69, 9.17) is 11.6 Å². The van der Waals surface area contributed by atoms with E-state index in [1.807, 2.05) is 18.2 Å². The molecule has 0 saturated heterocycles. The summed E-state index contributed by atoms with van der Waals surface area (Å²) >= 11 is 5.97. The van der Waals surface area contributed by atoms with Crippen molar-refractivity contribution < 1.29 is 5.11 Å². The molecule has 0 aliphatic rings. The highest BCUT2D eigenvalue weighted by atomic mass is 35.5. The predicted octanol–water partition coefficient (Wildman–Crippen LogP) is 3.40. The van der Waals surface area contributed by atoms with Crippen LogP contribution in [-0.4, -0.2) is 18.3 Å². The van der Waals surface area contributed by atoms with Crippen molar-refractivity contribution >= 4 is 11.6 Å². The molecule has 0 aromatic heterocycles. The third-order valence-corrected chi connectivity index (χ3v) is 3.65. The minimum atomic E-state index is -0.0488. The number of hydrogen-bond acceptors (Lipinski definition) is 2. The second-order valence-corrected chi connectivity index (χ2v) is 5.42. The molecule has 17 heavy (non-hydrogen) atoms. The van der Waals surface area contributed by atoms with Gasteiger partial charge in [-0.05, 0) is 31.0 Å². The van der Waals surface area contributed by atoms with Gasteiger partial charge in [-0.1, -0.05) is 37.6 Å². The lowest BCUT2D eigenvalue weighted by Crippen LogP contribution is -2.35. The summed E-state index contributed by atoms with van der Waals surface area (Å²) < 4.78 is 0. The molecular weight excluding hydrogens is 234 g/mol. The molecule has 1 aromatic carbocycles. The van der Waals surface area contributed by atoms with Gasteiger partial charge in [0.2, 0.25) is 0 Å². The van der Waals surface area contributed by atoms with Crippen molar-refractivity contribution in [1.82, 2.24) is 5.32 Å². The summed E-state index contributed by atoms with van der Waals surface area (Å²) in [5.74, 6) is 0. The van der Waals surface area contributed by atoms with E-state index in [1.165, 1.54) is 5.56 Å². The Bertz CT molecular complexity index is 350. The maximum atomic E-state index is 9.35. The zero-order chi connectivity index (χ0) is 12.9. The predicted molar refractivity (Wildman–Crippen MR) is 73.4 cm³/mol. The molecule has 1 aromatic rings. The molecule has 2 N–H and O–H groups in total. The van der Waals surface area contributed by atoms with Crippen LogP contribution in [0.15, 0.2) is 24.3 Å². The minimum Gasteiger partial charge on any atom is -0.396 e. The molecule has 96 valence electrons. The summed E-state index contributed by atoms with van der Waals surface area (Å²) in [6.45, 7) is 7.30. The molecule has 0 aliphatic heterocycles. The second-order valence-electron chi connectivity index (χ2n) is 4.98. The van der Waals surface area contributed by atoms with Crippen LogP contribution in [0, 0.1) is 5.41 Å². The molecule has 0 bridgehead atoms. The first kappa shape index (κ1) is 14.5. The summed E-state index contributed by atoms with van der Waals surface area (Å²) in [5.41, 5.74) is 1.13. The van der Waals surface area contributed by atoms with Crippen LogP contribution in [0.4, 0.5) is 0 Å². The van der Waals surface area contributed by atoms with Crippen LogP contribution in [0.3, 0.4) is 0 Å². The Morgan fingerprint density at radius 2 is 2.18 bits per heavy atom. The summed E-state index contributed by atoms with van der Waals surface area (Å²) in [4.78, 5) is 0. The number of aliphatic hydroxyl groups is 1. The van der Waals surface area contributed by atoms with Crippen LogP contribution in [0.1, 0.15) is 38.8 Å². The third-order valence-electron chi connectivity index (χ3n) is 3.42. The van der Waals surface area contributed by atoms with Gasteiger partial charge in [0.1, 0.15) is 0 Å². The van der Waals surface area contributed by atoms with Crippen LogP contribution < -0.4 is 5.32 Å². The first-order valence-electron chi connectivity index (χ1n) is 6.10. The zero-order valence-electron chi connectivity index (χ0n) is 10.8. The average Bonchev–Trinajstić information content (AvgIpc) is 2.35. The molecular formula is C14H22ClNO. The molecule has 1 rings (SSSR count). The molecule has 0 saturated carbocycles.